The van der Waals surface area contributed by atoms with E-state index in [4.69, 9.17) is 5.73 Å². The van der Waals surface area contributed by atoms with E-state index in [2.05, 4.69) is 36.6 Å². The van der Waals surface area contributed by atoms with Crippen LogP contribution in [0, 0.1) is 0 Å². The van der Waals surface area contributed by atoms with Gasteiger partial charge in [-0.05, 0) is 44.0 Å². The van der Waals surface area contributed by atoms with Gasteiger partial charge in [0.15, 0.2) is 0 Å². The lowest BCUT2D eigenvalue weighted by Crippen LogP contribution is -2.56. The Morgan fingerprint density at radius 2 is 1.50 bits per heavy atom. The van der Waals surface area contributed by atoms with Gasteiger partial charge in [0.2, 0.25) is 10.0 Å². The number of nitrogens with two attached hydrogens (primary N) is 1. The Morgan fingerprint density at radius 3 is 1.85 bits per heavy atom. The maximum atomic E-state index is 12.3. The highest BCUT2D eigenvalue weighted by molar-refractivity contribution is 9.11. The third kappa shape index (κ3) is 3.70. The lowest BCUT2D eigenvalue weighted by Gasteiger charge is -2.28. The fourth-order valence-electron chi connectivity index (χ4n) is 1.42. The van der Waals surface area contributed by atoms with Gasteiger partial charge in [0.05, 0.1) is 19.8 Å². The fraction of sp³-hybridized carbons (Fsp3) is 0.400. The number of aliphatic hydroxyl groups is 3. The van der Waals surface area contributed by atoms with Crippen molar-refractivity contribution in [3.8, 4) is 0 Å². The summed E-state index contributed by atoms with van der Waals surface area (Å²) in [6.45, 7) is -2.28. The van der Waals surface area contributed by atoms with Crippen LogP contribution in [0.15, 0.2) is 26.0 Å². The maximum absolute atomic E-state index is 12.3. The van der Waals surface area contributed by atoms with Crippen LogP contribution in [0.1, 0.15) is 0 Å². The first-order chi connectivity index (χ1) is 9.21. The molecule has 0 fully saturated rings. The molecule has 0 aromatic heterocycles. The molecule has 10 heteroatoms. The molecule has 0 amide bonds. The Labute approximate surface area is 133 Å². The molecule has 0 aliphatic rings. The van der Waals surface area contributed by atoms with Gasteiger partial charge in [0, 0.05) is 14.6 Å². The third-order valence-electron chi connectivity index (χ3n) is 2.55. The van der Waals surface area contributed by atoms with Crippen LogP contribution in [0.4, 0.5) is 5.69 Å². The van der Waals surface area contributed by atoms with Crippen molar-refractivity contribution in [2.45, 2.75) is 10.4 Å². The monoisotopic (exact) mass is 432 g/mol. The highest BCUT2D eigenvalue weighted by atomic mass is 79.9. The van der Waals surface area contributed by atoms with Crippen LogP contribution in [-0.4, -0.2) is 49.1 Å². The predicted octanol–water partition coefficient (Wildman–Crippen LogP) is -0.212. The van der Waals surface area contributed by atoms with Crippen molar-refractivity contribution in [3.63, 3.8) is 0 Å². The van der Waals surface area contributed by atoms with Crippen LogP contribution in [0.5, 0.6) is 0 Å². The second-order valence-corrected chi connectivity index (χ2v) is 7.50. The molecule has 0 atom stereocenters. The molecule has 114 valence electrons. The van der Waals surface area contributed by atoms with Crippen molar-refractivity contribution in [1.29, 1.82) is 0 Å². The highest BCUT2D eigenvalue weighted by Crippen LogP contribution is 2.32. The summed E-state index contributed by atoms with van der Waals surface area (Å²) < 4.78 is 27.2. The quantitative estimate of drug-likeness (QED) is 0.394. The molecule has 0 aliphatic heterocycles. The molecule has 0 saturated carbocycles. The van der Waals surface area contributed by atoms with Crippen LogP contribution in [0.3, 0.4) is 0 Å². The van der Waals surface area contributed by atoms with Gasteiger partial charge in [0.25, 0.3) is 0 Å². The molecule has 0 heterocycles. The average molecular weight is 434 g/mol. The minimum atomic E-state index is -4.11. The fourth-order valence-corrected chi connectivity index (χ4v) is 5.42. The smallest absolute Gasteiger partial charge is 0.243 e. The zero-order valence-electron chi connectivity index (χ0n) is 10.2. The molecule has 0 unspecified atom stereocenters. The summed E-state index contributed by atoms with van der Waals surface area (Å²) in [6, 6.07) is 2.80. The summed E-state index contributed by atoms with van der Waals surface area (Å²) in [5.74, 6) is 0. The molecule has 20 heavy (non-hydrogen) atoms. The average Bonchev–Trinajstić information content (AvgIpc) is 2.34. The Bertz CT molecular complexity index is 558. The van der Waals surface area contributed by atoms with E-state index < -0.39 is 35.4 Å². The van der Waals surface area contributed by atoms with Gasteiger partial charge in [0.1, 0.15) is 10.4 Å². The van der Waals surface area contributed by atoms with Gasteiger partial charge in [-0.1, -0.05) is 0 Å². The largest absolute Gasteiger partial charge is 0.399 e. The topological polar surface area (TPSA) is 133 Å². The van der Waals surface area contributed by atoms with Crippen molar-refractivity contribution >= 4 is 47.6 Å². The second-order valence-electron chi connectivity index (χ2n) is 4.17. The van der Waals surface area contributed by atoms with Crippen molar-refractivity contribution in [3.05, 3.63) is 21.1 Å². The number of hydrogen-bond acceptors (Lipinski definition) is 6. The van der Waals surface area contributed by atoms with E-state index in [1.54, 1.807) is 0 Å². The molecule has 0 bridgehead atoms. The van der Waals surface area contributed by atoms with E-state index in [1.165, 1.54) is 12.1 Å². The van der Waals surface area contributed by atoms with Crippen LogP contribution in [-0.2, 0) is 10.0 Å². The van der Waals surface area contributed by atoms with Gasteiger partial charge in [-0.15, -0.1) is 0 Å². The Balaban J connectivity index is 3.32. The number of nitrogens with one attached hydrogen (secondary N) is 1. The summed E-state index contributed by atoms with van der Waals surface area (Å²) >= 11 is 6.18. The molecule has 0 saturated heterocycles. The first-order valence-electron chi connectivity index (χ1n) is 5.32. The molecule has 0 spiro atoms. The molecule has 1 aromatic carbocycles. The summed E-state index contributed by atoms with van der Waals surface area (Å²) in [6.07, 6.45) is 0. The molecule has 1 aromatic rings. The molecular weight excluding hydrogens is 420 g/mol. The molecule has 6 N–H and O–H groups in total. The summed E-state index contributed by atoms with van der Waals surface area (Å²) in [5.41, 5.74) is 4.18. The van der Waals surface area contributed by atoms with E-state index in [1.807, 2.05) is 0 Å². The van der Waals surface area contributed by atoms with Crippen LogP contribution < -0.4 is 10.5 Å². The first kappa shape index (κ1) is 17.8. The lowest BCUT2D eigenvalue weighted by molar-refractivity contribution is 0.0581. The number of nitrogen functional groups attached to an aromatic ring is 1. The number of halogens is 2. The van der Waals surface area contributed by atoms with E-state index in [-0.39, 0.29) is 13.8 Å². The van der Waals surface area contributed by atoms with Crippen LogP contribution >= 0.6 is 31.9 Å². The van der Waals surface area contributed by atoms with Crippen molar-refractivity contribution in [1.82, 2.24) is 4.72 Å². The standard InChI is InChI=1S/C10H14Br2N2O5S/c11-7-1-6(13)2-8(12)9(7)20(18,19)14-10(3-15,4-16)5-17/h1-2,14-17H,3-5,13H2. The van der Waals surface area contributed by atoms with Crippen LogP contribution in [0.2, 0.25) is 0 Å². The number of aliphatic hydroxyl groups excluding tert-OH is 3. The number of sulfonamides is 1. The Hall–Kier alpha value is -0.230. The van der Waals surface area contributed by atoms with Gasteiger partial charge in [-0.3, -0.25) is 0 Å². The number of benzene rings is 1. The number of anilines is 1. The summed E-state index contributed by atoms with van der Waals surface area (Å²) in [5, 5.41) is 27.5. The van der Waals surface area contributed by atoms with E-state index >= 15 is 0 Å². The summed E-state index contributed by atoms with van der Waals surface area (Å²) in [4.78, 5) is -0.147. The van der Waals surface area contributed by atoms with Crippen molar-refractivity contribution in [2.24, 2.45) is 0 Å². The van der Waals surface area contributed by atoms with Gasteiger partial charge in [-0.25, -0.2) is 8.42 Å². The molecule has 0 radical (unpaired) electrons. The SMILES string of the molecule is Nc1cc(Br)c(S(=O)(=O)NC(CO)(CO)CO)c(Br)c1. The zero-order chi connectivity index (χ0) is 15.6. The van der Waals surface area contributed by atoms with Gasteiger partial charge < -0.3 is 21.1 Å². The number of hydrogen-bond donors (Lipinski definition) is 5. The number of rotatable bonds is 6. The van der Waals surface area contributed by atoms with Gasteiger partial charge >= 0.3 is 0 Å². The maximum Gasteiger partial charge on any atom is 0.243 e. The summed E-state index contributed by atoms with van der Waals surface area (Å²) in [7, 11) is -4.11. The normalized spacial score (nSPS) is 12.7. The van der Waals surface area contributed by atoms with E-state index in [0.29, 0.717) is 5.69 Å². The second kappa shape index (κ2) is 6.69. The molecular formula is C10H14Br2N2O5S. The minimum absolute atomic E-state index is 0.147. The van der Waals surface area contributed by atoms with Crippen molar-refractivity contribution in [2.75, 3.05) is 25.6 Å². The highest BCUT2D eigenvalue weighted by Gasteiger charge is 2.35. The molecule has 1 rings (SSSR count). The zero-order valence-corrected chi connectivity index (χ0v) is 14.2. The van der Waals surface area contributed by atoms with E-state index in [0.717, 1.165) is 0 Å². The minimum Gasteiger partial charge on any atom is -0.399 e. The van der Waals surface area contributed by atoms with Crippen molar-refractivity contribution < 1.29 is 23.7 Å². The molecule has 7 nitrogen and oxygen atoms in total. The third-order valence-corrected chi connectivity index (χ3v) is 6.00. The Kier molecular flexibility index (Phi) is 5.96. The Morgan fingerprint density at radius 1 is 1.10 bits per heavy atom. The first-order valence-corrected chi connectivity index (χ1v) is 8.39. The van der Waals surface area contributed by atoms with Crippen LogP contribution in [0.25, 0.3) is 0 Å². The van der Waals surface area contributed by atoms with E-state index in [9.17, 15) is 23.7 Å². The van der Waals surface area contributed by atoms with Gasteiger partial charge in [-0.2, -0.15) is 4.72 Å². The lowest BCUT2D eigenvalue weighted by atomic mass is 10.1. The molecule has 0 aliphatic carbocycles. The predicted molar refractivity (Wildman–Crippen MR) is 80.6 cm³/mol.